The van der Waals surface area contributed by atoms with E-state index in [9.17, 15) is 0 Å². The Morgan fingerprint density at radius 2 is 1.94 bits per heavy atom. The molecule has 1 aliphatic rings. The van der Waals surface area contributed by atoms with Gasteiger partial charge >= 0.3 is 0 Å². The maximum Gasteiger partial charge on any atom is 0.0705 e. The van der Waals surface area contributed by atoms with Crippen molar-refractivity contribution in [3.8, 4) is 0 Å². The number of aromatic nitrogens is 2. The van der Waals surface area contributed by atoms with Crippen molar-refractivity contribution in [3.05, 3.63) is 35.2 Å². The van der Waals surface area contributed by atoms with Gasteiger partial charge in [-0.05, 0) is 37.3 Å². The standard InChI is InChI=1S/C15H20N2/c1-10-6-5-7-12-13(15(2,3)4)14(11-8-9-11)16-17(10)12/h5-7,11H,8-9H2,1-4H3. The predicted octanol–water partition coefficient (Wildman–Crippen LogP) is 3.82. The van der Waals surface area contributed by atoms with Crippen LogP contribution >= 0.6 is 0 Å². The summed E-state index contributed by atoms with van der Waals surface area (Å²) in [5.41, 5.74) is 5.47. The average molecular weight is 228 g/mol. The molecule has 2 aromatic rings. The van der Waals surface area contributed by atoms with E-state index in [0.29, 0.717) is 5.92 Å². The molecule has 2 heterocycles. The monoisotopic (exact) mass is 228 g/mol. The van der Waals surface area contributed by atoms with E-state index in [-0.39, 0.29) is 5.41 Å². The van der Waals surface area contributed by atoms with Crippen molar-refractivity contribution in [1.29, 1.82) is 0 Å². The zero-order valence-electron chi connectivity index (χ0n) is 11.1. The lowest BCUT2D eigenvalue weighted by atomic mass is 9.85. The minimum absolute atomic E-state index is 0.174. The number of aryl methyl sites for hydroxylation is 1. The lowest BCUT2D eigenvalue weighted by Gasteiger charge is -2.19. The van der Waals surface area contributed by atoms with Crippen LogP contribution in [0.15, 0.2) is 18.2 Å². The summed E-state index contributed by atoms with van der Waals surface area (Å²) in [5, 5.41) is 4.86. The highest BCUT2D eigenvalue weighted by atomic mass is 15.2. The average Bonchev–Trinajstić information content (AvgIpc) is 2.97. The molecular weight excluding hydrogens is 208 g/mol. The first-order chi connectivity index (χ1) is 7.98. The minimum Gasteiger partial charge on any atom is -0.238 e. The van der Waals surface area contributed by atoms with Crippen LogP contribution in [0.2, 0.25) is 0 Å². The lowest BCUT2D eigenvalue weighted by molar-refractivity contribution is 0.587. The summed E-state index contributed by atoms with van der Waals surface area (Å²) in [6.45, 7) is 9.00. The third kappa shape index (κ3) is 1.67. The van der Waals surface area contributed by atoms with Crippen LogP contribution in [-0.4, -0.2) is 9.61 Å². The van der Waals surface area contributed by atoms with E-state index in [4.69, 9.17) is 5.10 Å². The lowest BCUT2D eigenvalue weighted by Crippen LogP contribution is -2.13. The summed E-state index contributed by atoms with van der Waals surface area (Å²) >= 11 is 0. The van der Waals surface area contributed by atoms with Crippen molar-refractivity contribution in [2.45, 2.75) is 51.9 Å². The Hall–Kier alpha value is -1.31. The molecule has 90 valence electrons. The summed E-state index contributed by atoms with van der Waals surface area (Å²) in [6, 6.07) is 6.47. The van der Waals surface area contributed by atoms with E-state index in [1.807, 2.05) is 0 Å². The summed E-state index contributed by atoms with van der Waals surface area (Å²) in [6.07, 6.45) is 2.62. The molecule has 2 aromatic heterocycles. The molecule has 0 radical (unpaired) electrons. The first-order valence-electron chi connectivity index (χ1n) is 6.47. The van der Waals surface area contributed by atoms with E-state index >= 15 is 0 Å². The molecule has 0 spiro atoms. The van der Waals surface area contributed by atoms with Gasteiger partial charge in [0.15, 0.2) is 0 Å². The molecule has 0 saturated heterocycles. The van der Waals surface area contributed by atoms with Gasteiger partial charge in [-0.2, -0.15) is 5.10 Å². The predicted molar refractivity (Wildman–Crippen MR) is 70.6 cm³/mol. The fourth-order valence-electron chi connectivity index (χ4n) is 2.63. The van der Waals surface area contributed by atoms with Gasteiger partial charge in [-0.25, -0.2) is 4.52 Å². The van der Waals surface area contributed by atoms with Gasteiger partial charge in [0.1, 0.15) is 0 Å². The van der Waals surface area contributed by atoms with Crippen molar-refractivity contribution >= 4 is 5.52 Å². The van der Waals surface area contributed by atoms with Crippen LogP contribution < -0.4 is 0 Å². The molecule has 1 fully saturated rings. The molecule has 0 aliphatic heterocycles. The zero-order chi connectivity index (χ0) is 12.2. The highest BCUT2D eigenvalue weighted by Gasteiger charge is 2.34. The largest absolute Gasteiger partial charge is 0.238 e. The Balaban J connectivity index is 2.35. The van der Waals surface area contributed by atoms with Crippen molar-refractivity contribution in [3.63, 3.8) is 0 Å². The number of hydrogen-bond donors (Lipinski definition) is 0. The van der Waals surface area contributed by atoms with Crippen LogP contribution in [0.25, 0.3) is 5.52 Å². The maximum absolute atomic E-state index is 4.86. The normalized spacial score (nSPS) is 16.7. The van der Waals surface area contributed by atoms with Gasteiger partial charge in [-0.15, -0.1) is 0 Å². The van der Waals surface area contributed by atoms with E-state index in [2.05, 4.69) is 50.4 Å². The van der Waals surface area contributed by atoms with Crippen LogP contribution in [0.1, 0.15) is 56.5 Å². The summed E-state index contributed by atoms with van der Waals surface area (Å²) in [4.78, 5) is 0. The molecule has 0 N–H and O–H groups in total. The fourth-order valence-corrected chi connectivity index (χ4v) is 2.63. The van der Waals surface area contributed by atoms with Crippen LogP contribution in [0, 0.1) is 6.92 Å². The van der Waals surface area contributed by atoms with Gasteiger partial charge < -0.3 is 0 Å². The first-order valence-corrected chi connectivity index (χ1v) is 6.47. The van der Waals surface area contributed by atoms with Crippen molar-refractivity contribution in [2.75, 3.05) is 0 Å². The van der Waals surface area contributed by atoms with E-state index in [0.717, 1.165) is 0 Å². The fraction of sp³-hybridized carbons (Fsp3) is 0.533. The van der Waals surface area contributed by atoms with Gasteiger partial charge in [-0.3, -0.25) is 0 Å². The third-order valence-corrected chi connectivity index (χ3v) is 3.59. The van der Waals surface area contributed by atoms with Crippen LogP contribution in [0.5, 0.6) is 0 Å². The molecule has 0 bridgehead atoms. The van der Waals surface area contributed by atoms with E-state index in [1.165, 1.54) is 35.3 Å². The molecule has 17 heavy (non-hydrogen) atoms. The molecule has 1 saturated carbocycles. The Labute approximate surface area is 103 Å². The summed E-state index contributed by atoms with van der Waals surface area (Å²) < 4.78 is 2.12. The Kier molecular flexibility index (Phi) is 2.13. The molecule has 2 nitrogen and oxygen atoms in total. The number of nitrogens with zero attached hydrogens (tertiary/aromatic N) is 2. The Morgan fingerprint density at radius 3 is 2.53 bits per heavy atom. The molecule has 0 atom stereocenters. The molecule has 2 heteroatoms. The quantitative estimate of drug-likeness (QED) is 0.725. The minimum atomic E-state index is 0.174. The van der Waals surface area contributed by atoms with Crippen LogP contribution in [0.4, 0.5) is 0 Å². The number of fused-ring (bicyclic) bond motifs is 1. The first kappa shape index (κ1) is 10.8. The van der Waals surface area contributed by atoms with Crippen molar-refractivity contribution in [2.24, 2.45) is 0 Å². The highest BCUT2D eigenvalue weighted by Crippen LogP contribution is 2.45. The van der Waals surface area contributed by atoms with Gasteiger partial charge in [0.25, 0.3) is 0 Å². The van der Waals surface area contributed by atoms with Gasteiger partial charge in [0.2, 0.25) is 0 Å². The molecular formula is C15H20N2. The second kappa shape index (κ2) is 3.34. The van der Waals surface area contributed by atoms with Gasteiger partial charge in [0.05, 0.1) is 11.2 Å². The van der Waals surface area contributed by atoms with E-state index < -0.39 is 0 Å². The third-order valence-electron chi connectivity index (χ3n) is 3.59. The van der Waals surface area contributed by atoms with Crippen molar-refractivity contribution in [1.82, 2.24) is 9.61 Å². The summed E-state index contributed by atoms with van der Waals surface area (Å²) in [5.74, 6) is 0.712. The number of hydrogen-bond acceptors (Lipinski definition) is 1. The van der Waals surface area contributed by atoms with E-state index in [1.54, 1.807) is 0 Å². The molecule has 0 unspecified atom stereocenters. The highest BCUT2D eigenvalue weighted by molar-refractivity contribution is 5.61. The van der Waals surface area contributed by atoms with Gasteiger partial charge in [-0.1, -0.05) is 26.8 Å². The second-order valence-electron chi connectivity index (χ2n) is 6.25. The molecule has 1 aliphatic carbocycles. The van der Waals surface area contributed by atoms with Crippen molar-refractivity contribution < 1.29 is 0 Å². The van der Waals surface area contributed by atoms with Crippen LogP contribution in [-0.2, 0) is 5.41 Å². The SMILES string of the molecule is Cc1cccc2c(C(C)(C)C)c(C3CC3)nn12. The Morgan fingerprint density at radius 1 is 1.24 bits per heavy atom. The number of pyridine rings is 1. The number of rotatable bonds is 1. The van der Waals surface area contributed by atoms with Crippen LogP contribution in [0.3, 0.4) is 0 Å². The molecule has 3 rings (SSSR count). The zero-order valence-corrected chi connectivity index (χ0v) is 11.1. The summed E-state index contributed by atoms with van der Waals surface area (Å²) in [7, 11) is 0. The molecule has 0 amide bonds. The Bertz CT molecular complexity index is 568. The van der Waals surface area contributed by atoms with Gasteiger partial charge in [0, 0.05) is 17.2 Å². The maximum atomic E-state index is 4.86. The smallest absolute Gasteiger partial charge is 0.0705 e. The topological polar surface area (TPSA) is 17.3 Å². The molecule has 0 aromatic carbocycles. The second-order valence-corrected chi connectivity index (χ2v) is 6.25.